The SMILES string of the molecule is CNCc1cc(CN(CC2CC2)C2CC2)c(C)o1. The largest absolute Gasteiger partial charge is 0.465 e. The van der Waals surface area contributed by atoms with Crippen molar-refractivity contribution in [1.82, 2.24) is 10.2 Å². The van der Waals surface area contributed by atoms with Gasteiger partial charge in [0.2, 0.25) is 0 Å². The smallest absolute Gasteiger partial charge is 0.118 e. The van der Waals surface area contributed by atoms with Gasteiger partial charge in [-0.25, -0.2) is 0 Å². The highest BCUT2D eigenvalue weighted by Crippen LogP contribution is 2.36. The first-order chi connectivity index (χ1) is 8.76. The van der Waals surface area contributed by atoms with Crippen LogP contribution < -0.4 is 5.32 Å². The highest BCUT2D eigenvalue weighted by atomic mass is 16.3. The number of nitrogens with one attached hydrogen (secondary N) is 1. The number of aryl methyl sites for hydroxylation is 1. The third-order valence-electron chi connectivity index (χ3n) is 4.05. The fourth-order valence-electron chi connectivity index (χ4n) is 2.64. The van der Waals surface area contributed by atoms with E-state index in [0.717, 1.165) is 36.6 Å². The van der Waals surface area contributed by atoms with Crippen LogP contribution in [0.25, 0.3) is 0 Å². The average molecular weight is 248 g/mol. The van der Waals surface area contributed by atoms with Crippen molar-refractivity contribution in [2.24, 2.45) is 5.92 Å². The van der Waals surface area contributed by atoms with Crippen molar-refractivity contribution in [2.45, 2.75) is 51.7 Å². The molecule has 1 heterocycles. The van der Waals surface area contributed by atoms with Crippen LogP contribution in [-0.2, 0) is 13.1 Å². The fraction of sp³-hybridized carbons (Fsp3) is 0.733. The zero-order valence-corrected chi connectivity index (χ0v) is 11.5. The second-order valence-electron chi connectivity index (χ2n) is 5.93. The van der Waals surface area contributed by atoms with E-state index in [1.54, 1.807) is 0 Å². The van der Waals surface area contributed by atoms with Gasteiger partial charge in [0.15, 0.2) is 0 Å². The summed E-state index contributed by atoms with van der Waals surface area (Å²) in [5, 5.41) is 3.15. The maximum absolute atomic E-state index is 5.79. The van der Waals surface area contributed by atoms with E-state index in [-0.39, 0.29) is 0 Å². The van der Waals surface area contributed by atoms with Gasteiger partial charge < -0.3 is 9.73 Å². The maximum Gasteiger partial charge on any atom is 0.118 e. The maximum atomic E-state index is 5.79. The molecular formula is C15H24N2O. The highest BCUT2D eigenvalue weighted by molar-refractivity contribution is 5.21. The molecule has 3 heteroatoms. The lowest BCUT2D eigenvalue weighted by atomic mass is 10.2. The van der Waals surface area contributed by atoms with E-state index in [4.69, 9.17) is 4.42 Å². The molecule has 1 aromatic heterocycles. The van der Waals surface area contributed by atoms with Gasteiger partial charge in [0, 0.05) is 24.7 Å². The van der Waals surface area contributed by atoms with E-state index in [2.05, 4.69) is 23.2 Å². The van der Waals surface area contributed by atoms with E-state index in [1.165, 1.54) is 37.8 Å². The molecule has 3 rings (SSSR count). The second kappa shape index (κ2) is 5.06. The zero-order chi connectivity index (χ0) is 12.5. The zero-order valence-electron chi connectivity index (χ0n) is 11.5. The Kier molecular flexibility index (Phi) is 3.44. The molecule has 0 bridgehead atoms. The lowest BCUT2D eigenvalue weighted by Crippen LogP contribution is -2.27. The van der Waals surface area contributed by atoms with Crippen molar-refractivity contribution in [3.05, 3.63) is 23.2 Å². The minimum Gasteiger partial charge on any atom is -0.465 e. The van der Waals surface area contributed by atoms with Crippen LogP contribution in [0.4, 0.5) is 0 Å². The molecule has 18 heavy (non-hydrogen) atoms. The van der Waals surface area contributed by atoms with Gasteiger partial charge in [-0.2, -0.15) is 0 Å². The minimum absolute atomic E-state index is 0.826. The van der Waals surface area contributed by atoms with Crippen molar-refractivity contribution in [3.63, 3.8) is 0 Å². The second-order valence-corrected chi connectivity index (χ2v) is 5.93. The predicted molar refractivity (Wildman–Crippen MR) is 72.4 cm³/mol. The molecule has 0 aromatic carbocycles. The van der Waals surface area contributed by atoms with Gasteiger partial charge in [-0.15, -0.1) is 0 Å². The molecule has 2 saturated carbocycles. The monoisotopic (exact) mass is 248 g/mol. The Morgan fingerprint density at radius 2 is 2.11 bits per heavy atom. The summed E-state index contributed by atoms with van der Waals surface area (Å²) in [7, 11) is 1.96. The summed E-state index contributed by atoms with van der Waals surface area (Å²) in [6.07, 6.45) is 5.68. The number of furan rings is 1. The lowest BCUT2D eigenvalue weighted by Gasteiger charge is -2.21. The molecule has 2 aliphatic carbocycles. The Bertz CT molecular complexity index is 405. The summed E-state index contributed by atoms with van der Waals surface area (Å²) in [5.74, 6) is 3.14. The Morgan fingerprint density at radius 1 is 1.33 bits per heavy atom. The Morgan fingerprint density at radius 3 is 2.72 bits per heavy atom. The van der Waals surface area contributed by atoms with Gasteiger partial charge in [-0.1, -0.05) is 0 Å². The van der Waals surface area contributed by atoms with Gasteiger partial charge in [0.05, 0.1) is 6.54 Å². The molecule has 0 radical (unpaired) electrons. The summed E-state index contributed by atoms with van der Waals surface area (Å²) >= 11 is 0. The predicted octanol–water partition coefficient (Wildman–Crippen LogP) is 2.68. The van der Waals surface area contributed by atoms with Gasteiger partial charge in [-0.3, -0.25) is 4.90 Å². The fourth-order valence-corrected chi connectivity index (χ4v) is 2.64. The van der Waals surface area contributed by atoms with Gasteiger partial charge in [-0.05, 0) is 51.6 Å². The first-order valence-electron chi connectivity index (χ1n) is 7.23. The van der Waals surface area contributed by atoms with Crippen LogP contribution in [0.15, 0.2) is 10.5 Å². The summed E-state index contributed by atoms with van der Waals surface area (Å²) < 4.78 is 5.79. The Balaban J connectivity index is 1.64. The van der Waals surface area contributed by atoms with Gasteiger partial charge >= 0.3 is 0 Å². The first-order valence-corrected chi connectivity index (χ1v) is 7.23. The lowest BCUT2D eigenvalue weighted by molar-refractivity contribution is 0.242. The molecule has 0 saturated heterocycles. The minimum atomic E-state index is 0.826. The first kappa shape index (κ1) is 12.2. The molecule has 2 fully saturated rings. The quantitative estimate of drug-likeness (QED) is 0.804. The van der Waals surface area contributed by atoms with Gasteiger partial charge in [0.1, 0.15) is 11.5 Å². The van der Waals surface area contributed by atoms with Crippen molar-refractivity contribution in [2.75, 3.05) is 13.6 Å². The summed E-state index contributed by atoms with van der Waals surface area (Å²) in [6.45, 7) is 5.31. The topological polar surface area (TPSA) is 28.4 Å². The van der Waals surface area contributed by atoms with Crippen molar-refractivity contribution in [1.29, 1.82) is 0 Å². The van der Waals surface area contributed by atoms with E-state index in [9.17, 15) is 0 Å². The van der Waals surface area contributed by atoms with Crippen molar-refractivity contribution >= 4 is 0 Å². The van der Waals surface area contributed by atoms with Crippen LogP contribution in [-0.4, -0.2) is 24.5 Å². The van der Waals surface area contributed by atoms with Crippen LogP contribution in [0, 0.1) is 12.8 Å². The molecular weight excluding hydrogens is 224 g/mol. The number of nitrogens with zero attached hydrogens (tertiary/aromatic N) is 1. The van der Waals surface area contributed by atoms with E-state index < -0.39 is 0 Å². The molecule has 0 amide bonds. The number of hydrogen-bond donors (Lipinski definition) is 1. The Labute approximate surface area is 110 Å². The molecule has 3 nitrogen and oxygen atoms in total. The molecule has 1 aromatic rings. The summed E-state index contributed by atoms with van der Waals surface area (Å²) in [6, 6.07) is 3.08. The molecule has 100 valence electrons. The molecule has 0 unspecified atom stereocenters. The van der Waals surface area contributed by atoms with Crippen LogP contribution in [0.1, 0.15) is 42.8 Å². The van der Waals surface area contributed by atoms with Crippen molar-refractivity contribution < 1.29 is 4.42 Å². The highest BCUT2D eigenvalue weighted by Gasteiger charge is 2.33. The van der Waals surface area contributed by atoms with Gasteiger partial charge in [0.25, 0.3) is 0 Å². The molecule has 1 N–H and O–H groups in total. The van der Waals surface area contributed by atoms with Crippen LogP contribution in [0.5, 0.6) is 0 Å². The van der Waals surface area contributed by atoms with E-state index in [0.29, 0.717) is 0 Å². The Hall–Kier alpha value is -0.800. The van der Waals surface area contributed by atoms with E-state index in [1.807, 2.05) is 7.05 Å². The molecule has 2 aliphatic rings. The third-order valence-corrected chi connectivity index (χ3v) is 4.05. The van der Waals surface area contributed by atoms with Crippen molar-refractivity contribution in [3.8, 4) is 0 Å². The number of rotatable bonds is 7. The summed E-state index contributed by atoms with van der Waals surface area (Å²) in [5.41, 5.74) is 1.38. The summed E-state index contributed by atoms with van der Waals surface area (Å²) in [4.78, 5) is 2.68. The van der Waals surface area contributed by atoms with Crippen LogP contribution >= 0.6 is 0 Å². The number of hydrogen-bond acceptors (Lipinski definition) is 3. The normalized spacial score (nSPS) is 19.7. The standard InChI is InChI=1S/C15H24N2O/c1-11-13(7-15(18-11)8-16-2)10-17(14-5-6-14)9-12-3-4-12/h7,12,14,16H,3-6,8-10H2,1-2H3. The van der Waals surface area contributed by atoms with Crippen LogP contribution in [0.3, 0.4) is 0 Å². The molecule has 0 atom stereocenters. The molecule has 0 aliphatic heterocycles. The average Bonchev–Trinajstić information content (AvgIpc) is 3.22. The molecule has 0 spiro atoms. The van der Waals surface area contributed by atoms with Crippen LogP contribution in [0.2, 0.25) is 0 Å². The third kappa shape index (κ3) is 2.96. The van der Waals surface area contributed by atoms with E-state index >= 15 is 0 Å².